The summed E-state index contributed by atoms with van der Waals surface area (Å²) < 4.78 is 12.6. The molecule has 0 atom stereocenters. The fraction of sp³-hybridized carbons (Fsp3) is 0.143. The van der Waals surface area contributed by atoms with Crippen LogP contribution in [0.2, 0.25) is 10.2 Å². The number of nitrogens with one attached hydrogen (secondary N) is 1. The third kappa shape index (κ3) is 3.45. The maximum absolute atomic E-state index is 6.55. The van der Waals surface area contributed by atoms with Crippen molar-refractivity contribution in [2.45, 2.75) is 6.42 Å². The van der Waals surface area contributed by atoms with Gasteiger partial charge in [0.15, 0.2) is 28.6 Å². The number of anilines is 1. The highest BCUT2D eigenvalue weighted by molar-refractivity contribution is 6.33. The van der Waals surface area contributed by atoms with Crippen LogP contribution in [0.15, 0.2) is 36.7 Å². The number of benzene rings is 1. The average Bonchev–Trinajstić information content (AvgIpc) is 3.38. The van der Waals surface area contributed by atoms with Crippen molar-refractivity contribution in [3.63, 3.8) is 0 Å². The van der Waals surface area contributed by atoms with E-state index in [4.69, 9.17) is 38.4 Å². The van der Waals surface area contributed by atoms with Gasteiger partial charge in [-0.2, -0.15) is 0 Å². The van der Waals surface area contributed by atoms with E-state index in [9.17, 15) is 0 Å². The summed E-state index contributed by atoms with van der Waals surface area (Å²) in [6.07, 6.45) is 3.96. The van der Waals surface area contributed by atoms with E-state index in [2.05, 4.69) is 24.9 Å². The van der Waals surface area contributed by atoms with Gasteiger partial charge in [0.05, 0.1) is 42.3 Å². The van der Waals surface area contributed by atoms with Crippen molar-refractivity contribution in [3.05, 3.63) is 58.4 Å². The van der Waals surface area contributed by atoms with E-state index in [0.717, 1.165) is 11.2 Å². The van der Waals surface area contributed by atoms with E-state index in [1.807, 2.05) is 16.7 Å². The summed E-state index contributed by atoms with van der Waals surface area (Å²) in [4.78, 5) is 20.9. The van der Waals surface area contributed by atoms with Crippen LogP contribution in [0.5, 0.6) is 11.5 Å². The summed E-state index contributed by atoms with van der Waals surface area (Å²) in [6, 6.07) is 7.04. The number of aromatic amines is 1. The quantitative estimate of drug-likeness (QED) is 0.371. The van der Waals surface area contributed by atoms with Crippen molar-refractivity contribution in [2.75, 3.05) is 20.0 Å². The van der Waals surface area contributed by atoms with Crippen LogP contribution >= 0.6 is 23.2 Å². The minimum absolute atomic E-state index is 0.301. The fourth-order valence-corrected chi connectivity index (χ4v) is 3.95. The number of ether oxygens (including phenoxy) is 2. The van der Waals surface area contributed by atoms with Crippen molar-refractivity contribution in [1.82, 2.24) is 29.3 Å². The summed E-state index contributed by atoms with van der Waals surface area (Å²) in [5, 5.41) is 0.865. The Bertz CT molecular complexity index is 1480. The second-order valence-corrected chi connectivity index (χ2v) is 7.80. The third-order valence-corrected chi connectivity index (χ3v) is 5.55. The van der Waals surface area contributed by atoms with Crippen molar-refractivity contribution < 1.29 is 9.47 Å². The Morgan fingerprint density at radius 3 is 2.62 bits per heavy atom. The lowest BCUT2D eigenvalue weighted by molar-refractivity contribution is 0.355. The fourth-order valence-electron chi connectivity index (χ4n) is 3.55. The van der Waals surface area contributed by atoms with Gasteiger partial charge in [0, 0.05) is 24.2 Å². The van der Waals surface area contributed by atoms with Crippen LogP contribution < -0.4 is 15.2 Å². The smallest absolute Gasteiger partial charge is 0.180 e. The number of nitrogen functional groups attached to an aromatic ring is 1. The van der Waals surface area contributed by atoms with Gasteiger partial charge in [-0.05, 0) is 18.2 Å². The Morgan fingerprint density at radius 2 is 1.84 bits per heavy atom. The number of fused-ring (bicyclic) bond motifs is 2. The lowest BCUT2D eigenvalue weighted by Crippen LogP contribution is -2.00. The second-order valence-electron chi connectivity index (χ2n) is 7.01. The number of pyridine rings is 1. The van der Waals surface area contributed by atoms with Gasteiger partial charge in [0.25, 0.3) is 0 Å². The van der Waals surface area contributed by atoms with Crippen LogP contribution in [0.4, 0.5) is 5.82 Å². The Morgan fingerprint density at radius 1 is 1.06 bits per heavy atom. The predicted octanol–water partition coefficient (Wildman–Crippen LogP) is 4.16. The van der Waals surface area contributed by atoms with Crippen LogP contribution in [0, 0.1) is 0 Å². The molecule has 0 saturated carbocycles. The number of hydrogen-bond acceptors (Lipinski definition) is 7. The zero-order chi connectivity index (χ0) is 22.4. The Hall–Kier alpha value is -3.56. The molecule has 0 unspecified atom stereocenters. The molecule has 0 radical (unpaired) electrons. The molecule has 0 bridgehead atoms. The maximum atomic E-state index is 6.55. The zero-order valence-corrected chi connectivity index (χ0v) is 18.6. The first-order valence-electron chi connectivity index (χ1n) is 9.52. The number of imidazole rings is 2. The van der Waals surface area contributed by atoms with Gasteiger partial charge in [-0.3, -0.25) is 4.40 Å². The molecule has 5 rings (SSSR count). The van der Waals surface area contributed by atoms with Crippen LogP contribution in [0.3, 0.4) is 0 Å². The largest absolute Gasteiger partial charge is 0.493 e. The van der Waals surface area contributed by atoms with Crippen molar-refractivity contribution in [3.8, 4) is 22.8 Å². The van der Waals surface area contributed by atoms with Gasteiger partial charge in [-0.25, -0.2) is 19.9 Å². The van der Waals surface area contributed by atoms with Crippen LogP contribution in [-0.4, -0.2) is 43.5 Å². The molecule has 0 saturated heterocycles. The number of rotatable bonds is 5. The highest BCUT2D eigenvalue weighted by Crippen LogP contribution is 2.38. The standard InChI is InChI=1S/C21H17Cl2N7O2/c1-31-15-6-11(12(22)7-16(15)32-2)14-8-25-19(24)21-26-10(9-30(14)21)5-18-27-13-3-4-17(23)28-20(13)29-18/h3-4,6-9H,5H2,1-2H3,(H2,24,25)(H,27,28,29). The number of nitrogens with two attached hydrogens (primary N) is 1. The maximum Gasteiger partial charge on any atom is 0.180 e. The highest BCUT2D eigenvalue weighted by Gasteiger charge is 2.17. The molecule has 0 aliphatic carbocycles. The molecule has 0 aliphatic rings. The van der Waals surface area contributed by atoms with E-state index >= 15 is 0 Å². The van der Waals surface area contributed by atoms with E-state index < -0.39 is 0 Å². The SMILES string of the molecule is COc1cc(Cl)c(-c2cnc(N)c3nc(Cc4nc5nc(Cl)ccc5[nH]4)cn23)cc1OC. The first-order valence-corrected chi connectivity index (χ1v) is 10.3. The van der Waals surface area contributed by atoms with Gasteiger partial charge < -0.3 is 20.2 Å². The van der Waals surface area contributed by atoms with E-state index in [1.54, 1.807) is 38.6 Å². The molecule has 32 heavy (non-hydrogen) atoms. The van der Waals surface area contributed by atoms with Gasteiger partial charge in [0.2, 0.25) is 0 Å². The van der Waals surface area contributed by atoms with Crippen LogP contribution in [-0.2, 0) is 6.42 Å². The first kappa shape index (κ1) is 20.3. The minimum Gasteiger partial charge on any atom is -0.493 e. The first-order chi connectivity index (χ1) is 15.5. The summed E-state index contributed by atoms with van der Waals surface area (Å²) in [6.45, 7) is 0. The summed E-state index contributed by atoms with van der Waals surface area (Å²) >= 11 is 12.5. The van der Waals surface area contributed by atoms with Crippen molar-refractivity contribution in [2.24, 2.45) is 0 Å². The van der Waals surface area contributed by atoms with Crippen LogP contribution in [0.1, 0.15) is 11.5 Å². The second kappa shape index (κ2) is 7.85. The van der Waals surface area contributed by atoms with E-state index in [1.165, 1.54) is 0 Å². The summed E-state index contributed by atoms with van der Waals surface area (Å²) in [5.74, 6) is 2.08. The minimum atomic E-state index is 0.301. The molecule has 9 nitrogen and oxygen atoms in total. The van der Waals surface area contributed by atoms with E-state index in [-0.39, 0.29) is 0 Å². The Kier molecular flexibility index (Phi) is 4.99. The number of halogens is 2. The van der Waals surface area contributed by atoms with Gasteiger partial charge in [-0.1, -0.05) is 23.2 Å². The average molecular weight is 470 g/mol. The molecule has 0 amide bonds. The van der Waals surface area contributed by atoms with Gasteiger partial charge in [-0.15, -0.1) is 0 Å². The number of aromatic nitrogens is 6. The van der Waals surface area contributed by atoms with Gasteiger partial charge >= 0.3 is 0 Å². The molecule has 0 spiro atoms. The molecular weight excluding hydrogens is 453 g/mol. The van der Waals surface area contributed by atoms with Gasteiger partial charge in [0.1, 0.15) is 11.0 Å². The molecule has 5 aromatic rings. The number of methoxy groups -OCH3 is 2. The topological polar surface area (TPSA) is 116 Å². The predicted molar refractivity (Wildman–Crippen MR) is 123 cm³/mol. The number of H-pyrrole nitrogens is 1. The molecule has 4 heterocycles. The normalized spacial score (nSPS) is 11.4. The monoisotopic (exact) mass is 469 g/mol. The Balaban J connectivity index is 1.60. The summed E-state index contributed by atoms with van der Waals surface area (Å²) in [5.41, 5.74) is 10.1. The van der Waals surface area contributed by atoms with Crippen molar-refractivity contribution in [1.29, 1.82) is 0 Å². The summed E-state index contributed by atoms with van der Waals surface area (Å²) in [7, 11) is 3.12. The lowest BCUT2D eigenvalue weighted by atomic mass is 10.1. The van der Waals surface area contributed by atoms with Crippen LogP contribution in [0.25, 0.3) is 28.1 Å². The molecule has 1 aromatic carbocycles. The molecular formula is C21H17Cl2N7O2. The number of nitrogens with zero attached hydrogens (tertiary/aromatic N) is 5. The molecule has 11 heteroatoms. The lowest BCUT2D eigenvalue weighted by Gasteiger charge is -2.13. The molecule has 3 N–H and O–H groups in total. The molecule has 162 valence electrons. The number of hydrogen-bond donors (Lipinski definition) is 2. The van der Waals surface area contributed by atoms with E-state index in [0.29, 0.717) is 62.3 Å². The molecule has 4 aromatic heterocycles. The zero-order valence-electron chi connectivity index (χ0n) is 17.1. The molecule has 0 fully saturated rings. The molecule has 0 aliphatic heterocycles. The highest BCUT2D eigenvalue weighted by atomic mass is 35.5. The third-order valence-electron chi connectivity index (χ3n) is 5.03. The Labute approximate surface area is 192 Å². The van der Waals surface area contributed by atoms with Crippen molar-refractivity contribution >= 4 is 45.8 Å².